The molecule has 0 aromatic heterocycles. The van der Waals surface area contributed by atoms with Crippen LogP contribution in [-0.2, 0) is 11.3 Å². The van der Waals surface area contributed by atoms with Crippen molar-refractivity contribution < 1.29 is 4.79 Å². The van der Waals surface area contributed by atoms with Crippen LogP contribution >= 0.6 is 0 Å². The summed E-state index contributed by atoms with van der Waals surface area (Å²) >= 11 is 0. The van der Waals surface area contributed by atoms with Crippen LogP contribution in [-0.4, -0.2) is 12.5 Å². The SMILES string of the molecule is C=Cc1ccccc1CNC(=O)C(=C)NCC#N. The third kappa shape index (κ3) is 3.80. The van der Waals surface area contributed by atoms with Gasteiger partial charge in [0, 0.05) is 6.54 Å². The Kier molecular flexibility index (Phi) is 5.20. The van der Waals surface area contributed by atoms with Crippen molar-refractivity contribution in [1.29, 1.82) is 5.26 Å². The normalized spacial score (nSPS) is 9.06. The molecule has 0 heterocycles. The molecule has 1 aromatic carbocycles. The lowest BCUT2D eigenvalue weighted by molar-refractivity contribution is -0.117. The van der Waals surface area contributed by atoms with E-state index in [1.165, 1.54) is 0 Å². The van der Waals surface area contributed by atoms with Gasteiger partial charge in [-0.15, -0.1) is 0 Å². The predicted octanol–water partition coefficient (Wildman–Crippen LogP) is 1.57. The van der Waals surface area contributed by atoms with Crippen molar-refractivity contribution in [3.05, 3.63) is 54.2 Å². The molecule has 1 aromatic rings. The molecule has 0 atom stereocenters. The number of hydrogen-bond acceptors (Lipinski definition) is 3. The van der Waals surface area contributed by atoms with Gasteiger partial charge in [-0.1, -0.05) is 43.5 Å². The highest BCUT2D eigenvalue weighted by Crippen LogP contribution is 2.09. The van der Waals surface area contributed by atoms with Crippen LogP contribution in [0.3, 0.4) is 0 Å². The number of benzene rings is 1. The molecule has 2 N–H and O–H groups in total. The molecule has 1 amide bonds. The zero-order valence-corrected chi connectivity index (χ0v) is 10.1. The minimum absolute atomic E-state index is 0.0650. The largest absolute Gasteiger partial charge is 0.368 e. The van der Waals surface area contributed by atoms with E-state index in [1.54, 1.807) is 6.08 Å². The van der Waals surface area contributed by atoms with Gasteiger partial charge in [-0.25, -0.2) is 0 Å². The molecule has 0 aliphatic carbocycles. The summed E-state index contributed by atoms with van der Waals surface area (Å²) in [5, 5.41) is 13.7. The number of carbonyl (C=O) groups excluding carboxylic acids is 1. The van der Waals surface area contributed by atoms with E-state index in [0.717, 1.165) is 11.1 Å². The van der Waals surface area contributed by atoms with Crippen LogP contribution in [0.2, 0.25) is 0 Å². The Morgan fingerprint density at radius 1 is 1.39 bits per heavy atom. The monoisotopic (exact) mass is 241 g/mol. The predicted molar refractivity (Wildman–Crippen MR) is 71.1 cm³/mol. The van der Waals surface area contributed by atoms with Gasteiger partial charge in [0.25, 0.3) is 5.91 Å². The topological polar surface area (TPSA) is 64.9 Å². The van der Waals surface area contributed by atoms with E-state index in [4.69, 9.17) is 5.26 Å². The Labute approximate surface area is 107 Å². The van der Waals surface area contributed by atoms with Gasteiger partial charge in [-0.05, 0) is 11.1 Å². The lowest BCUT2D eigenvalue weighted by Crippen LogP contribution is -2.31. The van der Waals surface area contributed by atoms with Crippen molar-refractivity contribution in [3.63, 3.8) is 0 Å². The summed E-state index contributed by atoms with van der Waals surface area (Å²) in [4.78, 5) is 11.6. The smallest absolute Gasteiger partial charge is 0.267 e. The van der Waals surface area contributed by atoms with Gasteiger partial charge < -0.3 is 10.6 Å². The lowest BCUT2D eigenvalue weighted by atomic mass is 10.1. The fraction of sp³-hybridized carbons (Fsp3) is 0.143. The van der Waals surface area contributed by atoms with Gasteiger partial charge in [0.15, 0.2) is 0 Å². The van der Waals surface area contributed by atoms with Gasteiger partial charge in [0.05, 0.1) is 11.8 Å². The van der Waals surface area contributed by atoms with E-state index in [1.807, 2.05) is 30.3 Å². The van der Waals surface area contributed by atoms with Crippen molar-refractivity contribution in [1.82, 2.24) is 10.6 Å². The van der Waals surface area contributed by atoms with Crippen LogP contribution in [0.4, 0.5) is 0 Å². The lowest BCUT2D eigenvalue weighted by Gasteiger charge is -2.09. The number of hydrogen-bond donors (Lipinski definition) is 2. The molecule has 0 saturated heterocycles. The zero-order valence-electron chi connectivity index (χ0n) is 10.1. The Bertz CT molecular complexity index is 500. The Morgan fingerprint density at radius 2 is 2.11 bits per heavy atom. The summed E-state index contributed by atoms with van der Waals surface area (Å²) in [6.45, 7) is 7.73. The molecule has 92 valence electrons. The standard InChI is InChI=1S/C14H15N3O/c1-3-12-6-4-5-7-13(12)10-17-14(18)11(2)16-9-8-15/h3-7,16H,1-2,9-10H2,(H,17,18). The molecular weight excluding hydrogens is 226 g/mol. The summed E-state index contributed by atoms with van der Waals surface area (Å²) in [7, 11) is 0. The summed E-state index contributed by atoms with van der Waals surface area (Å²) < 4.78 is 0. The van der Waals surface area contributed by atoms with Crippen LogP contribution < -0.4 is 10.6 Å². The number of rotatable bonds is 6. The van der Waals surface area contributed by atoms with Crippen LogP contribution in [0.25, 0.3) is 6.08 Å². The Balaban J connectivity index is 2.55. The van der Waals surface area contributed by atoms with Crippen LogP contribution in [0, 0.1) is 11.3 Å². The zero-order chi connectivity index (χ0) is 13.4. The van der Waals surface area contributed by atoms with Gasteiger partial charge in [-0.3, -0.25) is 4.79 Å². The molecule has 0 radical (unpaired) electrons. The molecule has 0 unspecified atom stereocenters. The maximum atomic E-state index is 11.6. The highest BCUT2D eigenvalue weighted by molar-refractivity contribution is 5.92. The van der Waals surface area contributed by atoms with E-state index in [-0.39, 0.29) is 18.1 Å². The van der Waals surface area contributed by atoms with Crippen molar-refractivity contribution >= 4 is 12.0 Å². The van der Waals surface area contributed by atoms with Crippen LogP contribution in [0.1, 0.15) is 11.1 Å². The first-order valence-electron chi connectivity index (χ1n) is 5.47. The maximum absolute atomic E-state index is 11.6. The van der Waals surface area contributed by atoms with Crippen molar-refractivity contribution in [2.45, 2.75) is 6.54 Å². The number of amides is 1. The van der Waals surface area contributed by atoms with E-state index in [9.17, 15) is 4.79 Å². The second kappa shape index (κ2) is 6.92. The third-order valence-electron chi connectivity index (χ3n) is 2.37. The maximum Gasteiger partial charge on any atom is 0.267 e. The second-order valence-corrected chi connectivity index (χ2v) is 3.58. The van der Waals surface area contributed by atoms with E-state index >= 15 is 0 Å². The molecule has 1 rings (SSSR count). The second-order valence-electron chi connectivity index (χ2n) is 3.58. The van der Waals surface area contributed by atoms with Gasteiger partial charge >= 0.3 is 0 Å². The number of nitrogens with one attached hydrogen (secondary N) is 2. The molecule has 4 nitrogen and oxygen atoms in total. The van der Waals surface area contributed by atoms with Crippen LogP contribution in [0.15, 0.2) is 43.1 Å². The average Bonchev–Trinajstić information content (AvgIpc) is 2.42. The van der Waals surface area contributed by atoms with Crippen molar-refractivity contribution in [3.8, 4) is 6.07 Å². The number of nitriles is 1. The van der Waals surface area contributed by atoms with E-state index in [0.29, 0.717) is 6.54 Å². The highest BCUT2D eigenvalue weighted by Gasteiger charge is 2.06. The Hall–Kier alpha value is -2.54. The first-order chi connectivity index (χ1) is 8.69. The van der Waals surface area contributed by atoms with E-state index in [2.05, 4.69) is 23.8 Å². The van der Waals surface area contributed by atoms with E-state index < -0.39 is 0 Å². The first-order valence-corrected chi connectivity index (χ1v) is 5.47. The molecular formula is C14H15N3O. The molecule has 0 aliphatic rings. The van der Waals surface area contributed by atoms with Gasteiger partial charge in [0.1, 0.15) is 6.54 Å². The molecule has 0 spiro atoms. The quantitative estimate of drug-likeness (QED) is 0.587. The fourth-order valence-corrected chi connectivity index (χ4v) is 1.40. The Morgan fingerprint density at radius 3 is 2.78 bits per heavy atom. The molecule has 0 bridgehead atoms. The van der Waals surface area contributed by atoms with Gasteiger partial charge in [0.2, 0.25) is 0 Å². The first kappa shape index (κ1) is 13.5. The summed E-state index contributed by atoms with van der Waals surface area (Å²) in [6.07, 6.45) is 1.74. The minimum atomic E-state index is -0.316. The summed E-state index contributed by atoms with van der Waals surface area (Å²) in [6, 6.07) is 9.54. The summed E-state index contributed by atoms with van der Waals surface area (Å²) in [5.41, 5.74) is 2.15. The summed E-state index contributed by atoms with van der Waals surface area (Å²) in [5.74, 6) is -0.316. The van der Waals surface area contributed by atoms with Crippen molar-refractivity contribution in [2.75, 3.05) is 6.54 Å². The van der Waals surface area contributed by atoms with Gasteiger partial charge in [-0.2, -0.15) is 5.26 Å². The van der Waals surface area contributed by atoms with Crippen LogP contribution in [0.5, 0.6) is 0 Å². The fourth-order valence-electron chi connectivity index (χ4n) is 1.40. The highest BCUT2D eigenvalue weighted by atomic mass is 16.2. The third-order valence-corrected chi connectivity index (χ3v) is 2.37. The number of nitrogens with zero attached hydrogens (tertiary/aromatic N) is 1. The minimum Gasteiger partial charge on any atom is -0.368 e. The molecule has 18 heavy (non-hydrogen) atoms. The molecule has 0 saturated carbocycles. The molecule has 0 fully saturated rings. The molecule has 4 heteroatoms. The van der Waals surface area contributed by atoms with Crippen molar-refractivity contribution in [2.24, 2.45) is 0 Å². The molecule has 0 aliphatic heterocycles. The number of carbonyl (C=O) groups is 1. The average molecular weight is 241 g/mol.